The van der Waals surface area contributed by atoms with Crippen molar-refractivity contribution in [1.82, 2.24) is 29.6 Å². The quantitative estimate of drug-likeness (QED) is 0.527. The summed E-state index contributed by atoms with van der Waals surface area (Å²) in [5, 5.41) is 11.5. The van der Waals surface area contributed by atoms with Crippen LogP contribution in [0.5, 0.6) is 0 Å². The van der Waals surface area contributed by atoms with Gasteiger partial charge in [0.15, 0.2) is 5.65 Å². The zero-order valence-electron chi connectivity index (χ0n) is 15.3. The predicted octanol–water partition coefficient (Wildman–Crippen LogP) is 3.24. The van der Waals surface area contributed by atoms with E-state index >= 15 is 0 Å². The number of fused-ring (bicyclic) bond motifs is 2. The van der Waals surface area contributed by atoms with Crippen LogP contribution in [0.15, 0.2) is 71.7 Å². The van der Waals surface area contributed by atoms with Gasteiger partial charge >= 0.3 is 0 Å². The number of nitrogens with zero attached hydrogens (tertiary/aromatic N) is 5. The van der Waals surface area contributed by atoms with E-state index in [0.29, 0.717) is 12.1 Å². The SMILES string of the molecule is C[C@@H](Cc1cc(=O)n2[nH]cc(-c3ccccc3)c2n1)n1nnc2ccccc21. The zero-order chi connectivity index (χ0) is 19.1. The molecule has 0 aliphatic carbocycles. The lowest BCUT2D eigenvalue weighted by Crippen LogP contribution is -2.18. The summed E-state index contributed by atoms with van der Waals surface area (Å²) >= 11 is 0. The van der Waals surface area contributed by atoms with Gasteiger partial charge in [0, 0.05) is 24.2 Å². The Morgan fingerprint density at radius 1 is 1.07 bits per heavy atom. The molecule has 28 heavy (non-hydrogen) atoms. The van der Waals surface area contributed by atoms with Crippen LogP contribution in [-0.2, 0) is 6.42 Å². The summed E-state index contributed by atoms with van der Waals surface area (Å²) in [4.78, 5) is 17.4. The van der Waals surface area contributed by atoms with Crippen LogP contribution in [0.4, 0.5) is 0 Å². The molecule has 0 aliphatic heterocycles. The van der Waals surface area contributed by atoms with Gasteiger partial charge in [-0.3, -0.25) is 9.89 Å². The van der Waals surface area contributed by atoms with E-state index in [-0.39, 0.29) is 11.6 Å². The molecular weight excluding hydrogens is 352 g/mol. The largest absolute Gasteiger partial charge is 0.296 e. The summed E-state index contributed by atoms with van der Waals surface area (Å²) in [6, 6.07) is 19.4. The van der Waals surface area contributed by atoms with Gasteiger partial charge in [0.1, 0.15) is 5.52 Å². The average Bonchev–Trinajstić information content (AvgIpc) is 3.33. The molecule has 0 aliphatic rings. The fourth-order valence-electron chi connectivity index (χ4n) is 3.57. The van der Waals surface area contributed by atoms with E-state index in [2.05, 4.69) is 22.3 Å². The molecule has 7 nitrogen and oxygen atoms in total. The van der Waals surface area contributed by atoms with Crippen LogP contribution in [0.2, 0.25) is 0 Å². The van der Waals surface area contributed by atoms with Crippen molar-refractivity contribution in [1.29, 1.82) is 0 Å². The van der Waals surface area contributed by atoms with E-state index in [0.717, 1.165) is 27.9 Å². The highest BCUT2D eigenvalue weighted by Crippen LogP contribution is 2.23. The van der Waals surface area contributed by atoms with E-state index < -0.39 is 0 Å². The molecule has 3 heterocycles. The van der Waals surface area contributed by atoms with Gasteiger partial charge in [-0.05, 0) is 24.6 Å². The topological polar surface area (TPSA) is 80.9 Å². The Balaban J connectivity index is 1.55. The molecule has 0 amide bonds. The van der Waals surface area contributed by atoms with E-state index in [1.54, 1.807) is 6.07 Å². The summed E-state index contributed by atoms with van der Waals surface area (Å²) in [6.45, 7) is 2.06. The van der Waals surface area contributed by atoms with Crippen molar-refractivity contribution in [3.8, 4) is 11.1 Å². The molecule has 1 atom stereocenters. The summed E-state index contributed by atoms with van der Waals surface area (Å²) in [5.41, 5.74) is 4.98. The normalized spacial score (nSPS) is 12.6. The van der Waals surface area contributed by atoms with Crippen LogP contribution in [0.3, 0.4) is 0 Å². The lowest BCUT2D eigenvalue weighted by atomic mass is 10.1. The molecule has 138 valence electrons. The van der Waals surface area contributed by atoms with Crippen LogP contribution >= 0.6 is 0 Å². The molecule has 0 saturated heterocycles. The molecule has 7 heteroatoms. The smallest absolute Gasteiger partial charge is 0.272 e. The molecule has 0 spiro atoms. The first-order chi connectivity index (χ1) is 13.7. The van der Waals surface area contributed by atoms with Crippen molar-refractivity contribution in [3.05, 3.63) is 82.9 Å². The monoisotopic (exact) mass is 370 g/mol. The highest BCUT2D eigenvalue weighted by Gasteiger charge is 2.15. The Kier molecular flexibility index (Phi) is 3.79. The second-order valence-corrected chi connectivity index (χ2v) is 6.87. The maximum Gasteiger partial charge on any atom is 0.272 e. The molecule has 0 radical (unpaired) electrons. The maximum atomic E-state index is 12.6. The molecule has 5 aromatic rings. The standard InChI is InChI=1S/C21H18N6O/c1-14(26-19-10-6-5-9-18(19)24-25-26)11-16-12-20(28)27-21(23-16)17(13-22-27)15-7-3-2-4-8-15/h2-10,12-14,22H,11H2,1H3/t14-/m0/s1. The van der Waals surface area contributed by atoms with E-state index in [1.165, 1.54) is 4.52 Å². The first kappa shape index (κ1) is 16.4. The van der Waals surface area contributed by atoms with Gasteiger partial charge in [0.25, 0.3) is 5.56 Å². The Morgan fingerprint density at radius 2 is 1.86 bits per heavy atom. The van der Waals surface area contributed by atoms with Gasteiger partial charge < -0.3 is 0 Å². The number of hydrogen-bond acceptors (Lipinski definition) is 4. The summed E-state index contributed by atoms with van der Waals surface area (Å²) < 4.78 is 3.36. The molecule has 2 aromatic carbocycles. The molecule has 0 fully saturated rings. The molecule has 0 bridgehead atoms. The van der Waals surface area contributed by atoms with Crippen molar-refractivity contribution in [2.45, 2.75) is 19.4 Å². The van der Waals surface area contributed by atoms with Crippen molar-refractivity contribution < 1.29 is 0 Å². The number of aromatic amines is 1. The summed E-state index contributed by atoms with van der Waals surface area (Å²) in [7, 11) is 0. The van der Waals surface area contributed by atoms with Gasteiger partial charge in [-0.15, -0.1) is 5.10 Å². The van der Waals surface area contributed by atoms with Crippen LogP contribution < -0.4 is 5.56 Å². The molecule has 0 unspecified atom stereocenters. The van der Waals surface area contributed by atoms with Crippen LogP contribution in [0, 0.1) is 0 Å². The average molecular weight is 370 g/mol. The van der Waals surface area contributed by atoms with Crippen molar-refractivity contribution in [3.63, 3.8) is 0 Å². The Hall–Kier alpha value is -3.74. The minimum absolute atomic E-state index is 0.0147. The minimum Gasteiger partial charge on any atom is -0.296 e. The lowest BCUT2D eigenvalue weighted by Gasteiger charge is -2.12. The second-order valence-electron chi connectivity index (χ2n) is 6.87. The highest BCUT2D eigenvalue weighted by molar-refractivity contribution is 5.77. The lowest BCUT2D eigenvalue weighted by molar-refractivity contribution is 0.484. The number of benzene rings is 2. The fraction of sp³-hybridized carbons (Fsp3) is 0.143. The van der Waals surface area contributed by atoms with Gasteiger partial charge in [-0.1, -0.05) is 47.7 Å². The highest BCUT2D eigenvalue weighted by atomic mass is 16.1. The number of H-pyrrole nitrogens is 1. The van der Waals surface area contributed by atoms with Crippen LogP contribution in [0.1, 0.15) is 18.7 Å². The number of aromatic nitrogens is 6. The van der Waals surface area contributed by atoms with E-state index in [4.69, 9.17) is 4.98 Å². The van der Waals surface area contributed by atoms with Gasteiger partial charge in [0.2, 0.25) is 0 Å². The molecule has 1 N–H and O–H groups in total. The predicted molar refractivity (Wildman–Crippen MR) is 107 cm³/mol. The number of nitrogens with one attached hydrogen (secondary N) is 1. The van der Waals surface area contributed by atoms with Crippen molar-refractivity contribution in [2.24, 2.45) is 0 Å². The zero-order valence-corrected chi connectivity index (χ0v) is 15.3. The van der Waals surface area contributed by atoms with E-state index in [1.807, 2.05) is 65.5 Å². The fourth-order valence-corrected chi connectivity index (χ4v) is 3.57. The molecule has 0 saturated carbocycles. The van der Waals surface area contributed by atoms with Crippen molar-refractivity contribution in [2.75, 3.05) is 0 Å². The van der Waals surface area contributed by atoms with Gasteiger partial charge in [0.05, 0.1) is 17.3 Å². The van der Waals surface area contributed by atoms with Crippen LogP contribution in [0.25, 0.3) is 27.8 Å². The van der Waals surface area contributed by atoms with Crippen molar-refractivity contribution >= 4 is 16.7 Å². The second kappa shape index (κ2) is 6.45. The third-order valence-electron chi connectivity index (χ3n) is 4.93. The third kappa shape index (κ3) is 2.68. The summed E-state index contributed by atoms with van der Waals surface area (Å²) in [5.74, 6) is 0. The Morgan fingerprint density at radius 3 is 2.71 bits per heavy atom. The first-order valence-electron chi connectivity index (χ1n) is 9.16. The molecule has 3 aromatic heterocycles. The number of para-hydroxylation sites is 1. The van der Waals surface area contributed by atoms with E-state index in [9.17, 15) is 4.79 Å². The Bertz CT molecular complexity index is 1330. The minimum atomic E-state index is -0.127. The van der Waals surface area contributed by atoms with Gasteiger partial charge in [-0.25, -0.2) is 14.2 Å². The van der Waals surface area contributed by atoms with Crippen LogP contribution in [-0.4, -0.2) is 29.6 Å². The third-order valence-corrected chi connectivity index (χ3v) is 4.93. The Labute approximate surface area is 160 Å². The van der Waals surface area contributed by atoms with Gasteiger partial charge in [-0.2, -0.15) is 0 Å². The molecular formula is C21H18N6O. The summed E-state index contributed by atoms with van der Waals surface area (Å²) in [6.07, 6.45) is 2.40. The first-order valence-corrected chi connectivity index (χ1v) is 9.16. The number of rotatable bonds is 4. The number of hydrogen-bond donors (Lipinski definition) is 1. The molecule has 5 rings (SSSR count). The maximum absolute atomic E-state index is 12.6.